The van der Waals surface area contributed by atoms with Gasteiger partial charge in [-0.25, -0.2) is 4.98 Å². The molecule has 0 saturated heterocycles. The van der Waals surface area contributed by atoms with Gasteiger partial charge in [-0.3, -0.25) is 14.5 Å². The predicted molar refractivity (Wildman–Crippen MR) is 112 cm³/mol. The number of ether oxygens (including phenoxy) is 2. The quantitative estimate of drug-likeness (QED) is 0.697. The Morgan fingerprint density at radius 2 is 2.14 bits per heavy atom. The van der Waals surface area contributed by atoms with Crippen LogP contribution in [0, 0.1) is 0 Å². The van der Waals surface area contributed by atoms with Gasteiger partial charge in [-0.1, -0.05) is 12.1 Å². The van der Waals surface area contributed by atoms with Crippen LogP contribution in [0.5, 0.6) is 11.5 Å². The molecule has 1 aliphatic heterocycles. The molecular weight excluding hydrogens is 390 g/mol. The number of thiazole rings is 1. The standard InChI is InChI=1S/C21H19N3O4S/c1-13(21(26)23-15-5-3-4-6-18(15)27-2)24-17-9-14(16-11-29-12-22-16)7-8-19(17)28-10-20(24)25/h3-9,11-13H,10H2,1-2H3,(H,23,26). The normalized spacial score (nSPS) is 14.0. The highest BCUT2D eigenvalue weighted by Gasteiger charge is 2.33. The topological polar surface area (TPSA) is 80.8 Å². The number of nitrogens with one attached hydrogen (secondary N) is 1. The van der Waals surface area contributed by atoms with Crippen molar-refractivity contribution >= 4 is 34.5 Å². The van der Waals surface area contributed by atoms with E-state index in [1.165, 1.54) is 23.3 Å². The lowest BCUT2D eigenvalue weighted by atomic mass is 10.1. The Morgan fingerprint density at radius 1 is 1.31 bits per heavy atom. The first kappa shape index (κ1) is 18.9. The third-order valence-electron chi connectivity index (χ3n) is 4.70. The molecule has 1 N–H and O–H groups in total. The van der Waals surface area contributed by atoms with Gasteiger partial charge in [0.1, 0.15) is 17.5 Å². The highest BCUT2D eigenvalue weighted by atomic mass is 32.1. The number of rotatable bonds is 5. The molecule has 0 saturated carbocycles. The monoisotopic (exact) mass is 409 g/mol. The zero-order valence-electron chi connectivity index (χ0n) is 15.9. The second-order valence-electron chi connectivity index (χ2n) is 6.47. The fourth-order valence-corrected chi connectivity index (χ4v) is 3.77. The van der Waals surface area contributed by atoms with Crippen molar-refractivity contribution in [3.05, 3.63) is 53.4 Å². The summed E-state index contributed by atoms with van der Waals surface area (Å²) in [5, 5.41) is 4.77. The minimum Gasteiger partial charge on any atom is -0.495 e. The molecule has 1 aromatic heterocycles. The molecular formula is C21H19N3O4S. The zero-order valence-corrected chi connectivity index (χ0v) is 16.7. The number of hydrogen-bond donors (Lipinski definition) is 1. The summed E-state index contributed by atoms with van der Waals surface area (Å²) in [5.74, 6) is 0.499. The van der Waals surface area contributed by atoms with Gasteiger partial charge in [-0.05, 0) is 37.3 Å². The summed E-state index contributed by atoms with van der Waals surface area (Å²) >= 11 is 1.49. The number of carbonyl (C=O) groups is 2. The summed E-state index contributed by atoms with van der Waals surface area (Å²) in [6.07, 6.45) is 0. The fourth-order valence-electron chi connectivity index (χ4n) is 3.21. The van der Waals surface area contributed by atoms with Gasteiger partial charge in [0.2, 0.25) is 5.91 Å². The Morgan fingerprint density at radius 3 is 2.90 bits per heavy atom. The lowest BCUT2D eigenvalue weighted by molar-refractivity contribution is -0.125. The lowest BCUT2D eigenvalue weighted by Crippen LogP contribution is -2.49. The van der Waals surface area contributed by atoms with E-state index in [0.717, 1.165) is 11.3 Å². The first-order valence-electron chi connectivity index (χ1n) is 9.00. The van der Waals surface area contributed by atoms with Crippen LogP contribution < -0.4 is 19.7 Å². The fraction of sp³-hybridized carbons (Fsp3) is 0.190. The highest BCUT2D eigenvalue weighted by Crippen LogP contribution is 2.37. The molecule has 0 bridgehead atoms. The molecule has 0 aliphatic carbocycles. The minimum atomic E-state index is -0.749. The summed E-state index contributed by atoms with van der Waals surface area (Å²) in [7, 11) is 1.54. The van der Waals surface area contributed by atoms with Crippen LogP contribution in [0.1, 0.15) is 6.92 Å². The minimum absolute atomic E-state index is 0.116. The maximum atomic E-state index is 12.9. The van der Waals surface area contributed by atoms with Gasteiger partial charge < -0.3 is 14.8 Å². The van der Waals surface area contributed by atoms with Crippen LogP contribution in [-0.2, 0) is 9.59 Å². The Hall–Kier alpha value is -3.39. The van der Waals surface area contributed by atoms with Crippen molar-refractivity contribution in [1.29, 1.82) is 0 Å². The van der Waals surface area contributed by atoms with Crippen LogP contribution in [0.25, 0.3) is 11.3 Å². The third-order valence-corrected chi connectivity index (χ3v) is 5.28. The molecule has 148 valence electrons. The van der Waals surface area contributed by atoms with E-state index >= 15 is 0 Å². The molecule has 0 radical (unpaired) electrons. The van der Waals surface area contributed by atoms with E-state index in [9.17, 15) is 9.59 Å². The van der Waals surface area contributed by atoms with E-state index in [1.807, 2.05) is 23.6 Å². The van der Waals surface area contributed by atoms with Crippen molar-refractivity contribution in [3.8, 4) is 22.8 Å². The number of aromatic nitrogens is 1. The SMILES string of the molecule is COc1ccccc1NC(=O)C(C)N1C(=O)COc2ccc(-c3cscn3)cc21. The van der Waals surface area contributed by atoms with Crippen LogP contribution in [-0.4, -0.2) is 36.6 Å². The van der Waals surface area contributed by atoms with Crippen LogP contribution >= 0.6 is 11.3 Å². The van der Waals surface area contributed by atoms with Crippen molar-refractivity contribution in [2.75, 3.05) is 23.9 Å². The number of nitrogens with zero attached hydrogens (tertiary/aromatic N) is 2. The second kappa shape index (κ2) is 7.92. The first-order valence-corrected chi connectivity index (χ1v) is 9.94. The van der Waals surface area contributed by atoms with Gasteiger partial charge in [0.15, 0.2) is 6.61 Å². The lowest BCUT2D eigenvalue weighted by Gasteiger charge is -2.33. The highest BCUT2D eigenvalue weighted by molar-refractivity contribution is 7.07. The first-order chi connectivity index (χ1) is 14.1. The molecule has 1 aliphatic rings. The molecule has 8 heteroatoms. The van der Waals surface area contributed by atoms with E-state index < -0.39 is 6.04 Å². The Balaban J connectivity index is 1.65. The van der Waals surface area contributed by atoms with Gasteiger partial charge in [-0.15, -0.1) is 11.3 Å². The van der Waals surface area contributed by atoms with Crippen LogP contribution in [0.3, 0.4) is 0 Å². The van der Waals surface area contributed by atoms with E-state index in [4.69, 9.17) is 9.47 Å². The summed E-state index contributed by atoms with van der Waals surface area (Å²) in [4.78, 5) is 31.4. The smallest absolute Gasteiger partial charge is 0.265 e. The summed E-state index contributed by atoms with van der Waals surface area (Å²) in [6.45, 7) is 1.57. The largest absolute Gasteiger partial charge is 0.495 e. The molecule has 2 amide bonds. The number of methoxy groups -OCH3 is 1. The van der Waals surface area contributed by atoms with Crippen molar-refractivity contribution in [2.45, 2.75) is 13.0 Å². The van der Waals surface area contributed by atoms with E-state index in [1.54, 1.807) is 36.7 Å². The van der Waals surface area contributed by atoms with Crippen molar-refractivity contribution in [2.24, 2.45) is 0 Å². The van der Waals surface area contributed by atoms with Crippen LogP contribution in [0.2, 0.25) is 0 Å². The molecule has 1 atom stereocenters. The Labute approximate surface area is 171 Å². The number of para-hydroxylation sites is 2. The van der Waals surface area contributed by atoms with Gasteiger partial charge in [0.25, 0.3) is 5.91 Å². The number of fused-ring (bicyclic) bond motifs is 1. The molecule has 1 unspecified atom stereocenters. The molecule has 0 fully saturated rings. The van der Waals surface area contributed by atoms with E-state index in [0.29, 0.717) is 22.9 Å². The molecule has 0 spiro atoms. The summed E-state index contributed by atoms with van der Waals surface area (Å²) in [5.41, 5.74) is 4.50. The molecule has 7 nitrogen and oxygen atoms in total. The van der Waals surface area contributed by atoms with E-state index in [2.05, 4.69) is 10.3 Å². The third kappa shape index (κ3) is 3.66. The Bertz CT molecular complexity index is 1050. The number of amides is 2. The Kier molecular flexibility index (Phi) is 5.18. The zero-order chi connectivity index (χ0) is 20.4. The predicted octanol–water partition coefficient (Wildman–Crippen LogP) is 3.57. The van der Waals surface area contributed by atoms with Crippen molar-refractivity contribution in [3.63, 3.8) is 0 Å². The molecule has 2 aromatic carbocycles. The van der Waals surface area contributed by atoms with E-state index in [-0.39, 0.29) is 18.4 Å². The van der Waals surface area contributed by atoms with Gasteiger partial charge >= 0.3 is 0 Å². The number of carbonyl (C=O) groups excluding carboxylic acids is 2. The summed E-state index contributed by atoms with van der Waals surface area (Å²) < 4.78 is 10.8. The van der Waals surface area contributed by atoms with Crippen LogP contribution in [0.15, 0.2) is 53.4 Å². The van der Waals surface area contributed by atoms with Gasteiger partial charge in [-0.2, -0.15) is 0 Å². The number of hydrogen-bond acceptors (Lipinski definition) is 6. The molecule has 4 rings (SSSR count). The van der Waals surface area contributed by atoms with Crippen molar-refractivity contribution in [1.82, 2.24) is 4.98 Å². The average molecular weight is 409 g/mol. The average Bonchev–Trinajstić information content (AvgIpc) is 3.28. The second-order valence-corrected chi connectivity index (χ2v) is 7.19. The number of anilines is 2. The summed E-state index contributed by atoms with van der Waals surface area (Å²) in [6, 6.07) is 11.9. The molecule has 3 aromatic rings. The van der Waals surface area contributed by atoms with Gasteiger partial charge in [0, 0.05) is 10.9 Å². The maximum Gasteiger partial charge on any atom is 0.265 e. The van der Waals surface area contributed by atoms with Crippen LogP contribution in [0.4, 0.5) is 11.4 Å². The van der Waals surface area contributed by atoms with Gasteiger partial charge in [0.05, 0.1) is 29.7 Å². The maximum absolute atomic E-state index is 12.9. The molecule has 29 heavy (non-hydrogen) atoms. The van der Waals surface area contributed by atoms with Crippen molar-refractivity contribution < 1.29 is 19.1 Å². The number of benzene rings is 2. The molecule has 2 heterocycles.